The molecule has 0 bridgehead atoms. The molecule has 134 valence electrons. The van der Waals surface area contributed by atoms with E-state index in [0.29, 0.717) is 17.7 Å². The van der Waals surface area contributed by atoms with E-state index in [1.54, 1.807) is 24.3 Å². The number of rotatable bonds is 8. The maximum Gasteiger partial charge on any atom is 0.358 e. The van der Waals surface area contributed by atoms with E-state index in [0.717, 1.165) is 25.9 Å². The number of piperidine rings is 1. The average molecular weight is 356 g/mol. The van der Waals surface area contributed by atoms with Crippen LogP contribution in [-0.2, 0) is 9.47 Å². The van der Waals surface area contributed by atoms with Gasteiger partial charge < -0.3 is 14.2 Å². The third kappa shape index (κ3) is 4.28. The molecule has 1 aliphatic rings. The van der Waals surface area contributed by atoms with E-state index in [1.165, 1.54) is 20.6 Å². The number of ketones is 1. The van der Waals surface area contributed by atoms with Crippen molar-refractivity contribution in [2.24, 2.45) is 0 Å². The Morgan fingerprint density at radius 1 is 1.17 bits per heavy atom. The normalized spacial score (nSPS) is 17.5. The molecule has 2 rings (SSSR count). The summed E-state index contributed by atoms with van der Waals surface area (Å²) in [6, 6.07) is 6.94. The molecule has 1 unspecified atom stereocenters. The second-order valence-corrected chi connectivity index (χ2v) is 6.26. The summed E-state index contributed by atoms with van der Waals surface area (Å²) in [5, 5.41) is 0. The van der Waals surface area contributed by atoms with Crippen LogP contribution in [0, 0.1) is 0 Å². The zero-order valence-electron chi connectivity index (χ0n) is 14.6. The molecule has 0 saturated carbocycles. The first-order valence-corrected chi connectivity index (χ1v) is 8.80. The van der Waals surface area contributed by atoms with E-state index >= 15 is 0 Å². The fraction of sp³-hybridized carbons (Fsp3) is 0.611. The van der Waals surface area contributed by atoms with E-state index in [1.807, 2.05) is 6.92 Å². The van der Waals surface area contributed by atoms with E-state index in [4.69, 9.17) is 25.8 Å². The van der Waals surface area contributed by atoms with Crippen molar-refractivity contribution in [2.75, 3.05) is 27.3 Å². The fourth-order valence-electron chi connectivity index (χ4n) is 2.86. The molecular weight excluding hydrogens is 330 g/mol. The Morgan fingerprint density at radius 3 is 2.25 bits per heavy atom. The third-order valence-corrected chi connectivity index (χ3v) is 4.87. The molecule has 5 nitrogen and oxygen atoms in total. The van der Waals surface area contributed by atoms with E-state index < -0.39 is 11.5 Å². The highest BCUT2D eigenvalue weighted by atomic mass is 35.5. The molecule has 1 aromatic rings. The Labute approximate surface area is 148 Å². The number of halogens is 1. The SMILES string of the molecule is CCC(=O)c1ccc(OC(OC)(OC)C(Cl)N2CCCCC2)cc1. The van der Waals surface area contributed by atoms with Crippen LogP contribution in [0.25, 0.3) is 0 Å². The summed E-state index contributed by atoms with van der Waals surface area (Å²) in [6.45, 7) is 3.61. The number of methoxy groups -OCH3 is 2. The molecule has 24 heavy (non-hydrogen) atoms. The van der Waals surface area contributed by atoms with Crippen molar-refractivity contribution in [2.45, 2.75) is 44.1 Å². The summed E-state index contributed by atoms with van der Waals surface area (Å²) < 4.78 is 17.0. The predicted molar refractivity (Wildman–Crippen MR) is 93.5 cm³/mol. The molecule has 0 N–H and O–H groups in total. The highest BCUT2D eigenvalue weighted by molar-refractivity contribution is 6.20. The Balaban J connectivity index is 2.15. The Hall–Kier alpha value is -1.14. The first kappa shape index (κ1) is 19.2. The van der Waals surface area contributed by atoms with Crippen LogP contribution in [0.15, 0.2) is 24.3 Å². The van der Waals surface area contributed by atoms with Crippen LogP contribution in [0.5, 0.6) is 5.75 Å². The molecule has 1 heterocycles. The number of hydrogen-bond donors (Lipinski definition) is 0. The number of likely N-dealkylation sites (tertiary alicyclic amines) is 1. The molecule has 0 radical (unpaired) electrons. The van der Waals surface area contributed by atoms with Gasteiger partial charge in [-0.05, 0) is 50.2 Å². The fourth-order valence-corrected chi connectivity index (χ4v) is 3.27. The van der Waals surface area contributed by atoms with Gasteiger partial charge in [-0.3, -0.25) is 9.69 Å². The van der Waals surface area contributed by atoms with Crippen molar-refractivity contribution in [3.63, 3.8) is 0 Å². The summed E-state index contributed by atoms with van der Waals surface area (Å²) in [4.78, 5) is 13.8. The van der Waals surface area contributed by atoms with Crippen LogP contribution >= 0.6 is 11.6 Å². The Bertz CT molecular complexity index is 524. The minimum Gasteiger partial charge on any atom is -0.437 e. The lowest BCUT2D eigenvalue weighted by atomic mass is 10.1. The molecular formula is C18H26ClNO4. The lowest BCUT2D eigenvalue weighted by Gasteiger charge is -2.41. The second kappa shape index (κ2) is 8.81. The number of nitrogens with zero attached hydrogens (tertiary/aromatic N) is 1. The first-order chi connectivity index (χ1) is 11.6. The van der Waals surface area contributed by atoms with Crippen molar-refractivity contribution in [3.8, 4) is 5.75 Å². The lowest BCUT2D eigenvalue weighted by molar-refractivity contribution is -0.337. The maximum atomic E-state index is 11.7. The van der Waals surface area contributed by atoms with Gasteiger partial charge in [0.05, 0.1) is 0 Å². The molecule has 0 amide bonds. The number of carbonyl (C=O) groups excluding carboxylic acids is 1. The van der Waals surface area contributed by atoms with Crippen LogP contribution in [0.2, 0.25) is 0 Å². The lowest BCUT2D eigenvalue weighted by Crippen LogP contribution is -2.57. The number of carbonyl (C=O) groups is 1. The summed E-state index contributed by atoms with van der Waals surface area (Å²) in [7, 11) is 3.02. The Morgan fingerprint density at radius 2 is 1.75 bits per heavy atom. The van der Waals surface area contributed by atoms with Gasteiger partial charge in [0.15, 0.2) is 11.3 Å². The van der Waals surface area contributed by atoms with E-state index in [-0.39, 0.29) is 5.78 Å². The van der Waals surface area contributed by atoms with Gasteiger partial charge in [0, 0.05) is 26.2 Å². The van der Waals surface area contributed by atoms with Gasteiger partial charge in [-0.15, -0.1) is 0 Å². The van der Waals surface area contributed by atoms with Gasteiger partial charge in [0.2, 0.25) is 0 Å². The van der Waals surface area contributed by atoms with Gasteiger partial charge >= 0.3 is 5.97 Å². The minimum absolute atomic E-state index is 0.0924. The zero-order chi connectivity index (χ0) is 17.6. The molecule has 1 saturated heterocycles. The van der Waals surface area contributed by atoms with Gasteiger partial charge in [-0.1, -0.05) is 24.9 Å². The number of benzene rings is 1. The molecule has 0 spiro atoms. The average Bonchev–Trinajstić information content (AvgIpc) is 2.66. The molecule has 1 aliphatic heterocycles. The first-order valence-electron chi connectivity index (χ1n) is 8.37. The van der Waals surface area contributed by atoms with Crippen LogP contribution in [0.1, 0.15) is 43.0 Å². The monoisotopic (exact) mass is 355 g/mol. The predicted octanol–water partition coefficient (Wildman–Crippen LogP) is 3.66. The number of hydrogen-bond acceptors (Lipinski definition) is 5. The summed E-state index contributed by atoms with van der Waals surface area (Å²) in [5.41, 5.74) is 0.0773. The summed E-state index contributed by atoms with van der Waals surface area (Å²) >= 11 is 6.63. The van der Waals surface area contributed by atoms with Crippen LogP contribution in [0.3, 0.4) is 0 Å². The van der Waals surface area contributed by atoms with Crippen molar-refractivity contribution in [3.05, 3.63) is 29.8 Å². The standard InChI is InChI=1S/C18H26ClNO4/c1-4-16(21)14-8-10-15(11-9-14)24-18(22-2,23-3)17(19)20-12-6-5-7-13-20/h8-11,17H,4-7,12-13H2,1-3H3. The number of Topliss-reactive ketones (excluding diaryl/α,β-unsaturated/α-hetero) is 1. The maximum absolute atomic E-state index is 11.7. The number of ether oxygens (including phenoxy) is 3. The summed E-state index contributed by atoms with van der Waals surface area (Å²) in [6.07, 6.45) is 3.88. The highest BCUT2D eigenvalue weighted by Gasteiger charge is 2.45. The second-order valence-electron chi connectivity index (χ2n) is 5.85. The zero-order valence-corrected chi connectivity index (χ0v) is 15.3. The van der Waals surface area contributed by atoms with Crippen molar-refractivity contribution >= 4 is 17.4 Å². The minimum atomic E-state index is -1.41. The van der Waals surface area contributed by atoms with Crippen molar-refractivity contribution < 1.29 is 19.0 Å². The Kier molecular flexibility index (Phi) is 7.04. The quantitative estimate of drug-likeness (QED) is 0.308. The van der Waals surface area contributed by atoms with Crippen LogP contribution in [-0.4, -0.2) is 49.5 Å². The van der Waals surface area contributed by atoms with Crippen molar-refractivity contribution in [1.82, 2.24) is 4.90 Å². The molecule has 1 fully saturated rings. The molecule has 6 heteroatoms. The van der Waals surface area contributed by atoms with Crippen LogP contribution < -0.4 is 4.74 Å². The number of alkyl halides is 1. The van der Waals surface area contributed by atoms with Gasteiger partial charge in [-0.25, -0.2) is 0 Å². The smallest absolute Gasteiger partial charge is 0.358 e. The largest absolute Gasteiger partial charge is 0.437 e. The summed E-state index contributed by atoms with van der Waals surface area (Å²) in [5.74, 6) is -0.779. The van der Waals surface area contributed by atoms with Gasteiger partial charge in [0.25, 0.3) is 0 Å². The molecule has 1 aromatic carbocycles. The van der Waals surface area contributed by atoms with Crippen molar-refractivity contribution in [1.29, 1.82) is 0 Å². The van der Waals surface area contributed by atoms with Crippen LogP contribution in [0.4, 0.5) is 0 Å². The topological polar surface area (TPSA) is 48.0 Å². The molecule has 1 atom stereocenters. The highest BCUT2D eigenvalue weighted by Crippen LogP contribution is 2.30. The third-order valence-electron chi connectivity index (χ3n) is 4.33. The van der Waals surface area contributed by atoms with Gasteiger partial charge in [0.1, 0.15) is 5.75 Å². The van der Waals surface area contributed by atoms with E-state index in [9.17, 15) is 4.79 Å². The molecule has 0 aliphatic carbocycles. The molecule has 0 aromatic heterocycles. The van der Waals surface area contributed by atoms with E-state index in [2.05, 4.69) is 4.90 Å². The van der Waals surface area contributed by atoms with Gasteiger partial charge in [-0.2, -0.15) is 0 Å².